The van der Waals surface area contributed by atoms with Gasteiger partial charge >= 0.3 is 0 Å². The number of rotatable bonds is 5. The van der Waals surface area contributed by atoms with Crippen molar-refractivity contribution in [1.29, 1.82) is 0 Å². The summed E-state index contributed by atoms with van der Waals surface area (Å²) >= 11 is 0. The largest absolute Gasteiger partial charge is 0.367 e. The predicted molar refractivity (Wildman–Crippen MR) is 108 cm³/mol. The van der Waals surface area contributed by atoms with Gasteiger partial charge in [-0.2, -0.15) is 0 Å². The van der Waals surface area contributed by atoms with Crippen LogP contribution in [-0.2, 0) is 0 Å². The monoisotopic (exact) mass is 340 g/mol. The Bertz CT molecular complexity index is 1060. The fourth-order valence-corrected chi connectivity index (χ4v) is 3.00. The number of hydrogen-bond donors (Lipinski definition) is 2. The third-order valence-corrected chi connectivity index (χ3v) is 4.53. The molecule has 0 fully saturated rings. The lowest BCUT2D eigenvalue weighted by atomic mass is 10.0. The van der Waals surface area contributed by atoms with Gasteiger partial charge in [-0.25, -0.2) is 9.97 Å². The molecular weight excluding hydrogens is 320 g/mol. The Kier molecular flexibility index (Phi) is 4.23. The van der Waals surface area contributed by atoms with E-state index in [0.717, 1.165) is 51.1 Å². The van der Waals surface area contributed by atoms with Gasteiger partial charge in [0.15, 0.2) is 0 Å². The highest BCUT2D eigenvalue weighted by Crippen LogP contribution is 2.29. The molecule has 26 heavy (non-hydrogen) atoms. The Morgan fingerprint density at radius 1 is 1.08 bits per heavy atom. The Hall–Kier alpha value is -3.40. The molecule has 4 rings (SSSR count). The lowest BCUT2D eigenvalue weighted by Gasteiger charge is -2.11. The first-order valence-electron chi connectivity index (χ1n) is 8.68. The van der Waals surface area contributed by atoms with Gasteiger partial charge < -0.3 is 10.3 Å². The summed E-state index contributed by atoms with van der Waals surface area (Å²) in [6.45, 7) is 6.24. The fraction of sp³-hybridized carbons (Fsp3) is 0.0909. The Labute approximate surface area is 152 Å². The minimum Gasteiger partial charge on any atom is -0.367 e. The fourth-order valence-electron chi connectivity index (χ4n) is 3.00. The molecule has 4 nitrogen and oxygen atoms in total. The molecule has 0 saturated heterocycles. The zero-order valence-corrected chi connectivity index (χ0v) is 14.7. The first kappa shape index (κ1) is 16.1. The van der Waals surface area contributed by atoms with E-state index >= 15 is 0 Å². The van der Waals surface area contributed by atoms with Crippen LogP contribution in [0.4, 0.5) is 11.5 Å². The quantitative estimate of drug-likeness (QED) is 0.483. The number of nitrogens with one attached hydrogen (secondary N) is 2. The number of allylic oxidation sites excluding steroid dienone is 1. The molecule has 0 radical (unpaired) electrons. The third-order valence-electron chi connectivity index (χ3n) is 4.53. The summed E-state index contributed by atoms with van der Waals surface area (Å²) in [5.74, 6) is 0.798. The summed E-state index contributed by atoms with van der Waals surface area (Å²) in [4.78, 5) is 12.0. The van der Waals surface area contributed by atoms with Gasteiger partial charge in [-0.3, -0.25) is 0 Å². The van der Waals surface area contributed by atoms with E-state index in [0.29, 0.717) is 0 Å². The molecule has 2 aromatic heterocycles. The molecule has 4 heteroatoms. The number of aromatic nitrogens is 3. The number of hydrogen-bond acceptors (Lipinski definition) is 3. The Morgan fingerprint density at radius 3 is 2.81 bits per heavy atom. The first-order chi connectivity index (χ1) is 12.7. The van der Waals surface area contributed by atoms with E-state index in [-0.39, 0.29) is 0 Å². The Morgan fingerprint density at radius 2 is 2.00 bits per heavy atom. The molecule has 0 amide bonds. The summed E-state index contributed by atoms with van der Waals surface area (Å²) in [6, 6.07) is 16.5. The van der Waals surface area contributed by atoms with Crippen molar-refractivity contribution in [3.05, 3.63) is 79.4 Å². The van der Waals surface area contributed by atoms with E-state index in [1.165, 1.54) is 0 Å². The zero-order valence-electron chi connectivity index (χ0n) is 14.7. The number of benzene rings is 2. The van der Waals surface area contributed by atoms with Crippen molar-refractivity contribution in [3.8, 4) is 11.1 Å². The third kappa shape index (κ3) is 3.09. The Balaban J connectivity index is 1.74. The van der Waals surface area contributed by atoms with Crippen LogP contribution in [0.25, 0.3) is 27.6 Å². The van der Waals surface area contributed by atoms with E-state index in [1.807, 2.05) is 30.6 Å². The van der Waals surface area contributed by atoms with Crippen molar-refractivity contribution >= 4 is 28.0 Å². The first-order valence-corrected chi connectivity index (χ1v) is 8.68. The van der Waals surface area contributed by atoms with E-state index < -0.39 is 0 Å². The minimum atomic E-state index is 0.798. The predicted octanol–water partition coefficient (Wildman–Crippen LogP) is 5.79. The smallest absolute Gasteiger partial charge is 0.141 e. The van der Waals surface area contributed by atoms with Gasteiger partial charge in [0.25, 0.3) is 0 Å². The molecule has 4 aromatic rings. The van der Waals surface area contributed by atoms with Gasteiger partial charge in [-0.1, -0.05) is 31.7 Å². The van der Waals surface area contributed by atoms with Crippen LogP contribution in [0.2, 0.25) is 0 Å². The van der Waals surface area contributed by atoms with Crippen molar-refractivity contribution in [1.82, 2.24) is 15.0 Å². The second-order valence-electron chi connectivity index (χ2n) is 6.22. The molecule has 2 aromatic carbocycles. The average Bonchev–Trinajstić information content (AvgIpc) is 3.22. The second kappa shape index (κ2) is 6.84. The summed E-state index contributed by atoms with van der Waals surface area (Å²) < 4.78 is 0. The summed E-state index contributed by atoms with van der Waals surface area (Å²) in [6.07, 6.45) is 6.43. The molecule has 0 aliphatic carbocycles. The van der Waals surface area contributed by atoms with E-state index in [9.17, 15) is 0 Å². The minimum absolute atomic E-state index is 0.798. The standard InChI is InChI=1S/C22H20N4/c1-3-15(2)16-5-4-6-19(11-16)26-22-20-12-17(18-9-10-23-13-18)7-8-21(20)24-14-25-22/h4-14,23H,2-3H2,1H3,(H,24,25,26). The maximum atomic E-state index is 4.47. The SMILES string of the molecule is C=C(CC)c1cccc(Nc2ncnc3ccc(-c4cc[nH]c4)cc23)c1. The maximum Gasteiger partial charge on any atom is 0.141 e. The van der Waals surface area contributed by atoms with E-state index in [2.05, 4.69) is 64.1 Å². The van der Waals surface area contributed by atoms with Gasteiger partial charge in [0.05, 0.1) is 5.52 Å². The molecule has 0 saturated carbocycles. The summed E-state index contributed by atoms with van der Waals surface area (Å²) in [5, 5.41) is 4.43. The molecule has 0 aliphatic rings. The molecule has 0 aliphatic heterocycles. The molecule has 128 valence electrons. The van der Waals surface area contributed by atoms with Crippen LogP contribution in [0.3, 0.4) is 0 Å². The normalized spacial score (nSPS) is 10.8. The molecular formula is C22H20N4. The number of anilines is 2. The molecule has 2 N–H and O–H groups in total. The molecule has 0 bridgehead atoms. The van der Waals surface area contributed by atoms with Crippen LogP contribution in [0, 0.1) is 0 Å². The van der Waals surface area contributed by atoms with Crippen LogP contribution in [-0.4, -0.2) is 15.0 Å². The van der Waals surface area contributed by atoms with Crippen LogP contribution in [0.5, 0.6) is 0 Å². The second-order valence-corrected chi connectivity index (χ2v) is 6.22. The number of fused-ring (bicyclic) bond motifs is 1. The van der Waals surface area contributed by atoms with Crippen molar-refractivity contribution < 1.29 is 0 Å². The number of nitrogens with zero attached hydrogens (tertiary/aromatic N) is 2. The zero-order chi connectivity index (χ0) is 17.9. The summed E-state index contributed by atoms with van der Waals surface area (Å²) in [5.41, 5.74) is 6.44. The van der Waals surface area contributed by atoms with Crippen molar-refractivity contribution in [2.24, 2.45) is 0 Å². The van der Waals surface area contributed by atoms with Gasteiger partial charge in [0.1, 0.15) is 12.1 Å². The van der Waals surface area contributed by atoms with Crippen LogP contribution in [0.1, 0.15) is 18.9 Å². The van der Waals surface area contributed by atoms with Gasteiger partial charge in [0, 0.05) is 23.5 Å². The topological polar surface area (TPSA) is 53.6 Å². The molecule has 0 spiro atoms. The number of H-pyrrole nitrogens is 1. The van der Waals surface area contributed by atoms with Crippen molar-refractivity contribution in [2.45, 2.75) is 13.3 Å². The van der Waals surface area contributed by atoms with Crippen LogP contribution in [0.15, 0.2) is 73.8 Å². The molecule has 2 heterocycles. The summed E-state index contributed by atoms with van der Waals surface area (Å²) in [7, 11) is 0. The highest BCUT2D eigenvalue weighted by atomic mass is 15.0. The highest BCUT2D eigenvalue weighted by molar-refractivity contribution is 5.93. The van der Waals surface area contributed by atoms with Gasteiger partial charge in [-0.05, 0) is 59.0 Å². The highest BCUT2D eigenvalue weighted by Gasteiger charge is 2.08. The number of aromatic amines is 1. The lowest BCUT2D eigenvalue weighted by Crippen LogP contribution is -1.97. The van der Waals surface area contributed by atoms with E-state index in [4.69, 9.17) is 0 Å². The molecule has 0 atom stereocenters. The maximum absolute atomic E-state index is 4.47. The van der Waals surface area contributed by atoms with E-state index in [1.54, 1.807) is 6.33 Å². The average molecular weight is 340 g/mol. The van der Waals surface area contributed by atoms with Crippen molar-refractivity contribution in [3.63, 3.8) is 0 Å². The van der Waals surface area contributed by atoms with Gasteiger partial charge in [-0.15, -0.1) is 0 Å². The lowest BCUT2D eigenvalue weighted by molar-refractivity contribution is 1.22. The van der Waals surface area contributed by atoms with Gasteiger partial charge in [0.2, 0.25) is 0 Å². The van der Waals surface area contributed by atoms with Crippen molar-refractivity contribution in [2.75, 3.05) is 5.32 Å². The van der Waals surface area contributed by atoms with Crippen LogP contribution < -0.4 is 5.32 Å². The van der Waals surface area contributed by atoms with Crippen LogP contribution >= 0.6 is 0 Å². The molecule has 0 unspecified atom stereocenters.